The van der Waals surface area contributed by atoms with E-state index in [9.17, 15) is 32.7 Å². The van der Waals surface area contributed by atoms with Crippen LogP contribution in [0, 0.1) is 17.8 Å². The number of hydrogen-bond acceptors (Lipinski definition) is 7. The van der Waals surface area contributed by atoms with E-state index < -0.39 is 41.3 Å². The third-order valence-corrected chi connectivity index (χ3v) is 7.82. The lowest BCUT2D eigenvalue weighted by atomic mass is 9.87. The molecule has 3 amide bonds. The van der Waals surface area contributed by atoms with Crippen molar-refractivity contribution in [2.75, 3.05) is 40.0 Å². The second-order valence-electron chi connectivity index (χ2n) is 13.8. The van der Waals surface area contributed by atoms with Crippen LogP contribution in [-0.2, 0) is 31.8 Å². The number of piperidine rings is 1. The molecular weight excluding hydrogens is 607 g/mol. The number of ether oxygens (including phenoxy) is 3. The van der Waals surface area contributed by atoms with E-state index in [0.29, 0.717) is 32.3 Å². The summed E-state index contributed by atoms with van der Waals surface area (Å²) in [4.78, 5) is 43.7. The van der Waals surface area contributed by atoms with Gasteiger partial charge in [0.05, 0.1) is 36.7 Å². The van der Waals surface area contributed by atoms with Crippen molar-refractivity contribution in [1.29, 1.82) is 0 Å². The van der Waals surface area contributed by atoms with Gasteiger partial charge >= 0.3 is 12.3 Å². The molecule has 46 heavy (non-hydrogen) atoms. The van der Waals surface area contributed by atoms with Gasteiger partial charge in [-0.1, -0.05) is 13.8 Å². The highest BCUT2D eigenvalue weighted by Gasteiger charge is 2.43. The van der Waals surface area contributed by atoms with Crippen LogP contribution in [0.2, 0.25) is 0 Å². The van der Waals surface area contributed by atoms with Gasteiger partial charge in [0.15, 0.2) is 0 Å². The Balaban J connectivity index is 1.87. The minimum Gasteiger partial charge on any atom is -0.493 e. The lowest BCUT2D eigenvalue weighted by molar-refractivity contribution is -0.140. The maximum Gasteiger partial charge on any atom is 0.416 e. The Morgan fingerprint density at radius 2 is 1.74 bits per heavy atom. The average molecular weight is 658 g/mol. The molecule has 1 aromatic rings. The van der Waals surface area contributed by atoms with Gasteiger partial charge in [0.1, 0.15) is 11.4 Å². The predicted molar refractivity (Wildman–Crippen MR) is 165 cm³/mol. The van der Waals surface area contributed by atoms with Gasteiger partial charge < -0.3 is 34.4 Å². The molecule has 0 radical (unpaired) electrons. The Bertz CT molecular complexity index is 1180. The summed E-state index contributed by atoms with van der Waals surface area (Å²) in [5, 5.41) is 12.7. The van der Waals surface area contributed by atoms with E-state index in [1.807, 2.05) is 13.8 Å². The first-order chi connectivity index (χ1) is 21.5. The molecule has 10 nitrogen and oxygen atoms in total. The highest BCUT2D eigenvalue weighted by atomic mass is 19.4. The lowest BCUT2D eigenvalue weighted by Crippen LogP contribution is -2.54. The Kier molecular flexibility index (Phi) is 13.1. The van der Waals surface area contributed by atoms with Gasteiger partial charge in [0.25, 0.3) is 0 Å². The highest BCUT2D eigenvalue weighted by molar-refractivity contribution is 5.84. The van der Waals surface area contributed by atoms with Gasteiger partial charge in [-0.15, -0.1) is 0 Å². The maximum absolute atomic E-state index is 14.1. The zero-order valence-electron chi connectivity index (χ0n) is 27.8. The summed E-state index contributed by atoms with van der Waals surface area (Å²) in [6, 6.07) is 2.84. The number of hydrogen-bond donors (Lipinski definition) is 2. The number of methoxy groups -OCH3 is 1. The first kappa shape index (κ1) is 37.4. The van der Waals surface area contributed by atoms with E-state index in [0.717, 1.165) is 12.1 Å². The van der Waals surface area contributed by atoms with Crippen LogP contribution in [0.5, 0.6) is 5.75 Å². The van der Waals surface area contributed by atoms with E-state index in [-0.39, 0.29) is 74.4 Å². The normalized spacial score (nSPS) is 19.5. The zero-order chi connectivity index (χ0) is 34.2. The standard InChI is InChI=1S/C33H50F3N3O7/c1-21(2)12-26(20-40)37-29(41)23-15-24(19-38(18-23)31(43)46-32(3,4)5)30(42)39(27-8-9-27)17-22-13-25(33(34,35)36)16-28(14-22)45-11-7-10-44-6/h13-14,16,21,23-24,26-27,40H,7-12,15,17-20H2,1-6H3,(H,37,41)/t23-,24+,26?/m0/s1. The Morgan fingerprint density at radius 3 is 2.30 bits per heavy atom. The molecule has 3 rings (SSSR count). The number of aliphatic hydroxyl groups is 1. The molecule has 1 aliphatic carbocycles. The summed E-state index contributed by atoms with van der Waals surface area (Å²) in [6.07, 6.45) is -2.68. The molecule has 1 aromatic carbocycles. The Hall–Kier alpha value is -3.06. The van der Waals surface area contributed by atoms with Crippen molar-refractivity contribution < 1.29 is 46.9 Å². The highest BCUT2D eigenvalue weighted by Crippen LogP contribution is 2.36. The fourth-order valence-corrected chi connectivity index (χ4v) is 5.61. The maximum atomic E-state index is 14.1. The Labute approximate surface area is 269 Å². The van der Waals surface area contributed by atoms with Crippen LogP contribution in [0.1, 0.15) is 77.8 Å². The predicted octanol–water partition coefficient (Wildman–Crippen LogP) is 5.01. The van der Waals surface area contributed by atoms with Crippen molar-refractivity contribution >= 4 is 17.9 Å². The number of carbonyl (C=O) groups is 3. The number of likely N-dealkylation sites (tertiary alicyclic amines) is 1. The van der Waals surface area contributed by atoms with Crippen LogP contribution in [0.4, 0.5) is 18.0 Å². The first-order valence-electron chi connectivity index (χ1n) is 16.0. The van der Waals surface area contributed by atoms with Gasteiger partial charge in [-0.2, -0.15) is 13.2 Å². The molecule has 260 valence electrons. The molecule has 3 atom stereocenters. The summed E-state index contributed by atoms with van der Waals surface area (Å²) in [5.41, 5.74) is -1.41. The van der Waals surface area contributed by atoms with E-state index in [1.165, 1.54) is 18.1 Å². The number of nitrogens with zero attached hydrogens (tertiary/aromatic N) is 2. The van der Waals surface area contributed by atoms with Gasteiger partial charge in [-0.05, 0) is 76.1 Å². The molecule has 1 aliphatic heterocycles. The van der Waals surface area contributed by atoms with E-state index in [1.54, 1.807) is 25.7 Å². The smallest absolute Gasteiger partial charge is 0.416 e. The number of nitrogens with one attached hydrogen (secondary N) is 1. The monoisotopic (exact) mass is 657 g/mol. The number of benzene rings is 1. The van der Waals surface area contributed by atoms with Crippen LogP contribution >= 0.6 is 0 Å². The van der Waals surface area contributed by atoms with Crippen LogP contribution < -0.4 is 10.1 Å². The van der Waals surface area contributed by atoms with Crippen molar-refractivity contribution in [2.24, 2.45) is 17.8 Å². The minimum atomic E-state index is -4.62. The molecule has 1 unspecified atom stereocenters. The van der Waals surface area contributed by atoms with Crippen LogP contribution in [0.25, 0.3) is 0 Å². The second kappa shape index (κ2) is 16.2. The van der Waals surface area contributed by atoms with Crippen LogP contribution in [0.15, 0.2) is 18.2 Å². The molecule has 1 saturated heterocycles. The van der Waals surface area contributed by atoms with Crippen LogP contribution in [-0.4, -0.2) is 90.5 Å². The molecule has 2 fully saturated rings. The zero-order valence-corrected chi connectivity index (χ0v) is 27.8. The summed E-state index contributed by atoms with van der Waals surface area (Å²) >= 11 is 0. The molecule has 1 heterocycles. The SMILES string of the molecule is COCCCOc1cc(CN(C(=O)[C@@H]2C[C@H](C(=O)NC(CO)CC(C)C)CN(C(=O)OC(C)(C)C)C2)C2CC2)cc(C(F)(F)F)c1. The Morgan fingerprint density at radius 1 is 1.07 bits per heavy atom. The molecule has 0 bridgehead atoms. The van der Waals surface area contributed by atoms with E-state index >= 15 is 0 Å². The summed E-state index contributed by atoms with van der Waals surface area (Å²) in [7, 11) is 1.53. The average Bonchev–Trinajstić information content (AvgIpc) is 3.81. The van der Waals surface area contributed by atoms with E-state index in [2.05, 4.69) is 5.32 Å². The second-order valence-corrected chi connectivity index (χ2v) is 13.8. The molecular formula is C33H50F3N3O7. The number of amides is 3. The summed E-state index contributed by atoms with van der Waals surface area (Å²) in [6.45, 7) is 9.38. The fraction of sp³-hybridized carbons (Fsp3) is 0.727. The fourth-order valence-electron chi connectivity index (χ4n) is 5.61. The number of aliphatic hydroxyl groups excluding tert-OH is 1. The molecule has 0 spiro atoms. The quantitative estimate of drug-likeness (QED) is 0.270. The number of rotatable bonds is 14. The van der Waals surface area contributed by atoms with Crippen molar-refractivity contribution in [3.63, 3.8) is 0 Å². The van der Waals surface area contributed by atoms with Gasteiger partial charge in [-0.3, -0.25) is 9.59 Å². The number of halogens is 3. The molecule has 1 saturated carbocycles. The minimum absolute atomic E-state index is 0.00657. The largest absolute Gasteiger partial charge is 0.493 e. The molecule has 13 heteroatoms. The molecule has 0 aromatic heterocycles. The molecule has 2 N–H and O–H groups in total. The van der Waals surface area contributed by atoms with Gasteiger partial charge in [0.2, 0.25) is 11.8 Å². The third-order valence-electron chi connectivity index (χ3n) is 7.82. The van der Waals surface area contributed by atoms with Crippen molar-refractivity contribution in [3.05, 3.63) is 29.3 Å². The van der Waals surface area contributed by atoms with Gasteiger partial charge in [0, 0.05) is 45.8 Å². The van der Waals surface area contributed by atoms with Crippen molar-refractivity contribution in [1.82, 2.24) is 15.1 Å². The summed E-state index contributed by atoms with van der Waals surface area (Å²) < 4.78 is 57.6. The summed E-state index contributed by atoms with van der Waals surface area (Å²) in [5.74, 6) is -1.99. The van der Waals surface area contributed by atoms with Crippen LogP contribution in [0.3, 0.4) is 0 Å². The number of alkyl halides is 3. The topological polar surface area (TPSA) is 118 Å². The third kappa shape index (κ3) is 11.6. The number of carbonyl (C=O) groups excluding carboxylic acids is 3. The van der Waals surface area contributed by atoms with E-state index in [4.69, 9.17) is 14.2 Å². The first-order valence-corrected chi connectivity index (χ1v) is 16.0. The molecule has 2 aliphatic rings. The van der Waals surface area contributed by atoms with Gasteiger partial charge in [-0.25, -0.2) is 4.79 Å². The lowest BCUT2D eigenvalue weighted by Gasteiger charge is -2.39. The van der Waals surface area contributed by atoms with Crippen molar-refractivity contribution in [2.45, 2.75) is 97.1 Å². The van der Waals surface area contributed by atoms with Crippen molar-refractivity contribution in [3.8, 4) is 5.75 Å².